The molecule has 1 fully saturated rings. The molecule has 23 heavy (non-hydrogen) atoms. The third-order valence-electron chi connectivity index (χ3n) is 4.00. The molecule has 2 amide bonds. The number of ether oxygens (including phenoxy) is 1. The summed E-state index contributed by atoms with van der Waals surface area (Å²) in [4.78, 5) is 26.2. The van der Waals surface area contributed by atoms with Gasteiger partial charge >= 0.3 is 0 Å². The number of benzene rings is 1. The van der Waals surface area contributed by atoms with E-state index in [4.69, 9.17) is 10.5 Å². The van der Waals surface area contributed by atoms with Crippen LogP contribution < -0.4 is 15.8 Å². The Balaban J connectivity index is 1.73. The number of rotatable bonds is 5. The molecule has 1 aliphatic carbocycles. The molecule has 0 spiro atoms. The molecule has 3 rings (SSSR count). The number of primary amides is 1. The van der Waals surface area contributed by atoms with E-state index in [2.05, 4.69) is 24.4 Å². The molecule has 1 heterocycles. The molecule has 0 radical (unpaired) electrons. The number of amides is 2. The van der Waals surface area contributed by atoms with Crippen LogP contribution in [-0.2, 0) is 4.79 Å². The van der Waals surface area contributed by atoms with Gasteiger partial charge in [0.1, 0.15) is 5.75 Å². The zero-order valence-electron chi connectivity index (χ0n) is 13.0. The maximum Gasteiger partial charge on any atom is 0.248 e. The highest BCUT2D eigenvalue weighted by Gasteiger charge is 2.44. The van der Waals surface area contributed by atoms with Crippen molar-refractivity contribution in [3.8, 4) is 5.75 Å². The van der Waals surface area contributed by atoms with Crippen LogP contribution in [0.4, 0.5) is 5.69 Å². The van der Waals surface area contributed by atoms with Crippen LogP contribution in [0.5, 0.6) is 5.75 Å². The molecular formula is C17H18N2O3S. The molecule has 120 valence electrons. The van der Waals surface area contributed by atoms with E-state index in [0.29, 0.717) is 22.9 Å². The van der Waals surface area contributed by atoms with Crippen molar-refractivity contribution < 1.29 is 14.3 Å². The van der Waals surface area contributed by atoms with Crippen LogP contribution in [-0.4, -0.2) is 18.9 Å². The zero-order valence-corrected chi connectivity index (χ0v) is 13.8. The predicted octanol–water partition coefficient (Wildman–Crippen LogP) is 2.91. The van der Waals surface area contributed by atoms with E-state index < -0.39 is 5.91 Å². The summed E-state index contributed by atoms with van der Waals surface area (Å²) < 4.78 is 5.23. The number of anilines is 1. The number of aryl methyl sites for hydroxylation is 1. The summed E-state index contributed by atoms with van der Waals surface area (Å²) in [6.07, 6.45) is 0.851. The predicted molar refractivity (Wildman–Crippen MR) is 90.0 cm³/mol. The Morgan fingerprint density at radius 3 is 2.70 bits per heavy atom. The van der Waals surface area contributed by atoms with Crippen molar-refractivity contribution in [2.75, 3.05) is 12.4 Å². The highest BCUT2D eigenvalue weighted by atomic mass is 32.1. The van der Waals surface area contributed by atoms with Gasteiger partial charge in [0.25, 0.3) is 0 Å². The van der Waals surface area contributed by atoms with Gasteiger partial charge in [-0.3, -0.25) is 9.59 Å². The van der Waals surface area contributed by atoms with Gasteiger partial charge in [0.15, 0.2) is 0 Å². The largest absolute Gasteiger partial charge is 0.495 e. The number of hydrogen-bond donors (Lipinski definition) is 2. The van der Waals surface area contributed by atoms with Crippen molar-refractivity contribution in [3.63, 3.8) is 0 Å². The molecule has 1 saturated carbocycles. The van der Waals surface area contributed by atoms with Gasteiger partial charge < -0.3 is 15.8 Å². The van der Waals surface area contributed by atoms with Crippen molar-refractivity contribution in [1.82, 2.24) is 0 Å². The van der Waals surface area contributed by atoms with Crippen molar-refractivity contribution in [2.45, 2.75) is 19.3 Å². The van der Waals surface area contributed by atoms with Gasteiger partial charge in [-0.15, -0.1) is 11.3 Å². The molecule has 5 nitrogen and oxygen atoms in total. The zero-order chi connectivity index (χ0) is 16.6. The van der Waals surface area contributed by atoms with Crippen molar-refractivity contribution >= 4 is 28.8 Å². The Bertz CT molecular complexity index is 769. The van der Waals surface area contributed by atoms with Gasteiger partial charge in [-0.25, -0.2) is 0 Å². The summed E-state index contributed by atoms with van der Waals surface area (Å²) in [5.74, 6) is 0.170. The van der Waals surface area contributed by atoms with Gasteiger partial charge in [-0.2, -0.15) is 0 Å². The average Bonchev–Trinajstić information content (AvgIpc) is 3.22. The smallest absolute Gasteiger partial charge is 0.248 e. The van der Waals surface area contributed by atoms with Crippen molar-refractivity contribution in [1.29, 1.82) is 0 Å². The first-order valence-corrected chi connectivity index (χ1v) is 8.16. The lowest BCUT2D eigenvalue weighted by atomic mass is 10.1. The van der Waals surface area contributed by atoms with Crippen LogP contribution in [0, 0.1) is 12.8 Å². The van der Waals surface area contributed by atoms with Crippen LogP contribution in [0.1, 0.15) is 32.5 Å². The number of carbonyl (C=O) groups is 2. The topological polar surface area (TPSA) is 81.4 Å². The molecule has 0 saturated heterocycles. The monoisotopic (exact) mass is 330 g/mol. The van der Waals surface area contributed by atoms with E-state index in [1.807, 2.05) is 0 Å². The van der Waals surface area contributed by atoms with Gasteiger partial charge in [-0.1, -0.05) is 0 Å². The molecule has 3 N–H and O–H groups in total. The summed E-state index contributed by atoms with van der Waals surface area (Å²) in [5, 5.41) is 2.86. The van der Waals surface area contributed by atoms with Crippen LogP contribution in [0.2, 0.25) is 0 Å². The highest BCUT2D eigenvalue weighted by Crippen LogP contribution is 2.50. The van der Waals surface area contributed by atoms with E-state index in [-0.39, 0.29) is 11.8 Å². The van der Waals surface area contributed by atoms with E-state index in [1.54, 1.807) is 29.5 Å². The molecule has 2 atom stereocenters. The Morgan fingerprint density at radius 2 is 2.09 bits per heavy atom. The van der Waals surface area contributed by atoms with Crippen LogP contribution in [0.3, 0.4) is 0 Å². The molecule has 1 aromatic carbocycles. The molecule has 0 aliphatic heterocycles. The van der Waals surface area contributed by atoms with Crippen LogP contribution in [0.15, 0.2) is 30.3 Å². The fourth-order valence-corrected chi connectivity index (χ4v) is 3.69. The van der Waals surface area contributed by atoms with Gasteiger partial charge in [0.05, 0.1) is 12.8 Å². The number of nitrogens with two attached hydrogens (primary N) is 1. The Morgan fingerprint density at radius 1 is 1.30 bits per heavy atom. The summed E-state index contributed by atoms with van der Waals surface area (Å²) in [6, 6.07) is 8.92. The Kier molecular flexibility index (Phi) is 4.09. The minimum atomic E-state index is -0.540. The molecule has 1 aromatic heterocycles. The van der Waals surface area contributed by atoms with E-state index in [0.717, 1.165) is 6.42 Å². The van der Waals surface area contributed by atoms with Crippen molar-refractivity contribution in [2.24, 2.45) is 11.7 Å². The molecule has 0 unspecified atom stereocenters. The first kappa shape index (κ1) is 15.6. The average molecular weight is 330 g/mol. The number of carbonyl (C=O) groups excluding carboxylic acids is 2. The lowest BCUT2D eigenvalue weighted by Gasteiger charge is -2.11. The van der Waals surface area contributed by atoms with Crippen LogP contribution in [0.25, 0.3) is 0 Å². The second-order valence-electron chi connectivity index (χ2n) is 5.67. The lowest BCUT2D eigenvalue weighted by molar-refractivity contribution is -0.117. The third kappa shape index (κ3) is 3.22. The highest BCUT2D eigenvalue weighted by molar-refractivity contribution is 7.12. The summed E-state index contributed by atoms with van der Waals surface area (Å²) in [7, 11) is 1.52. The third-order valence-corrected chi connectivity index (χ3v) is 5.13. The number of thiophene rings is 1. The second-order valence-corrected chi connectivity index (χ2v) is 6.99. The standard InChI is InChI=1S/C17H18N2O3S/c1-9-3-6-15(23-9)11-8-12(11)17(21)19-13-7-10(16(18)20)4-5-14(13)22-2/h3-7,11-12H,8H2,1-2H3,(H2,18,20)(H,19,21)/t11-,12-/m0/s1. The fourth-order valence-electron chi connectivity index (χ4n) is 2.64. The first-order valence-electron chi connectivity index (χ1n) is 7.34. The summed E-state index contributed by atoms with van der Waals surface area (Å²) >= 11 is 1.73. The van der Waals surface area contributed by atoms with Gasteiger partial charge in [0, 0.05) is 27.2 Å². The van der Waals surface area contributed by atoms with E-state index >= 15 is 0 Å². The lowest BCUT2D eigenvalue weighted by Crippen LogP contribution is -2.17. The number of methoxy groups -OCH3 is 1. The minimum absolute atomic E-state index is 0.0324. The molecule has 2 aromatic rings. The van der Waals surface area contributed by atoms with E-state index in [1.165, 1.54) is 16.9 Å². The quantitative estimate of drug-likeness (QED) is 0.884. The second kappa shape index (κ2) is 6.04. The summed E-state index contributed by atoms with van der Waals surface area (Å²) in [6.45, 7) is 2.06. The Labute approximate surface area is 138 Å². The number of nitrogens with one attached hydrogen (secondary N) is 1. The SMILES string of the molecule is COc1ccc(C(N)=O)cc1NC(=O)[C@H]1C[C@@H]1c1ccc(C)s1. The van der Waals surface area contributed by atoms with Gasteiger partial charge in [0.2, 0.25) is 11.8 Å². The maximum atomic E-state index is 12.4. The summed E-state index contributed by atoms with van der Waals surface area (Å²) in [5.41, 5.74) is 6.10. The molecule has 1 aliphatic rings. The molecule has 0 bridgehead atoms. The van der Waals surface area contributed by atoms with Crippen molar-refractivity contribution in [3.05, 3.63) is 45.6 Å². The van der Waals surface area contributed by atoms with Gasteiger partial charge in [-0.05, 0) is 43.7 Å². The first-order chi connectivity index (χ1) is 11.0. The maximum absolute atomic E-state index is 12.4. The van der Waals surface area contributed by atoms with Crippen LogP contribution >= 0.6 is 11.3 Å². The normalized spacial score (nSPS) is 19.2. The Hall–Kier alpha value is -2.34. The number of hydrogen-bond acceptors (Lipinski definition) is 4. The fraction of sp³-hybridized carbons (Fsp3) is 0.294. The molecule has 6 heteroatoms. The molecular weight excluding hydrogens is 312 g/mol. The minimum Gasteiger partial charge on any atom is -0.495 e. The van der Waals surface area contributed by atoms with E-state index in [9.17, 15) is 9.59 Å².